The molecule has 294 valence electrons. The van der Waals surface area contributed by atoms with Gasteiger partial charge in [-0.2, -0.15) is 0 Å². The minimum atomic E-state index is -1.23. The first-order valence-electron chi connectivity index (χ1n) is 18.4. The van der Waals surface area contributed by atoms with Gasteiger partial charge in [0.05, 0.1) is 12.6 Å². The first kappa shape index (κ1) is 42.0. The fourth-order valence-corrected chi connectivity index (χ4v) is 7.20. The Bertz CT molecular complexity index is 1830. The smallest absolute Gasteiger partial charge is 0.319 e. The molecular formula is C41H53N7O7. The van der Waals surface area contributed by atoms with Crippen molar-refractivity contribution in [2.75, 3.05) is 32.5 Å². The Morgan fingerprint density at radius 3 is 2.15 bits per heavy atom. The summed E-state index contributed by atoms with van der Waals surface area (Å²) in [5.41, 5.74) is 0.655. The summed E-state index contributed by atoms with van der Waals surface area (Å²) in [4.78, 5) is 96.6. The van der Waals surface area contributed by atoms with Gasteiger partial charge >= 0.3 is 6.03 Å². The number of ketones is 1. The van der Waals surface area contributed by atoms with E-state index in [9.17, 15) is 33.6 Å². The molecule has 14 nitrogen and oxygen atoms in total. The number of nitrogens with zero attached hydrogens (tertiary/aromatic N) is 2. The summed E-state index contributed by atoms with van der Waals surface area (Å²) in [5.74, 6) is -1.82. The fourth-order valence-electron chi connectivity index (χ4n) is 7.20. The minimum absolute atomic E-state index is 0.0116. The van der Waals surface area contributed by atoms with Crippen LogP contribution in [0.5, 0.6) is 0 Å². The molecule has 14 heteroatoms. The van der Waals surface area contributed by atoms with Crippen LogP contribution in [0, 0.1) is 35.0 Å². The third-order valence-electron chi connectivity index (χ3n) is 10.4. The van der Waals surface area contributed by atoms with E-state index in [-0.39, 0.29) is 36.1 Å². The first-order valence-corrected chi connectivity index (χ1v) is 18.4. The Labute approximate surface area is 322 Å². The number of carbonyl (C=O) groups is 7. The van der Waals surface area contributed by atoms with Crippen molar-refractivity contribution in [3.63, 3.8) is 0 Å². The number of hydrogen-bond donors (Lipinski definition) is 5. The average molecular weight is 756 g/mol. The van der Waals surface area contributed by atoms with Crippen molar-refractivity contribution < 1.29 is 33.6 Å². The number of hydrogen-bond acceptors (Lipinski definition) is 7. The van der Waals surface area contributed by atoms with Gasteiger partial charge in [0.2, 0.25) is 29.4 Å². The molecule has 2 fully saturated rings. The SMILES string of the molecule is C#Cc1ccc(NC(=O)NC(C(=O)N2CC3C(C2C(=O)NC(CCC)C(=O)C(=O)NCC(=O)NC(C(=O)N(C)C)c2ccccc2)C3(C)C)C(C)(C)C)cc1. The standard InChI is InChI=1S/C41H53N7O7/c1-10-15-28(33(50)36(52)42-22-29(49)45-31(37(53)47(8)9)25-16-13-12-14-17-25)44-35(51)32-30-27(41(30,6)7)23-48(32)38(54)34(40(3,4)5)46-39(55)43-26-20-18-24(11-2)19-21-26/h2,12-14,16-21,27-28,30-32,34H,10,15,22-23H2,1,3-9H3,(H,42,52)(H,44,51)(H,45,49)(H2,43,46,55). The number of terminal acetylenes is 1. The lowest BCUT2D eigenvalue weighted by Crippen LogP contribution is -2.61. The van der Waals surface area contributed by atoms with Crippen LogP contribution >= 0.6 is 0 Å². The van der Waals surface area contributed by atoms with Crippen molar-refractivity contribution in [2.24, 2.45) is 22.7 Å². The highest BCUT2D eigenvalue weighted by atomic mass is 16.2. The number of amides is 7. The quantitative estimate of drug-likeness (QED) is 0.145. The van der Waals surface area contributed by atoms with Crippen molar-refractivity contribution in [1.82, 2.24) is 31.1 Å². The van der Waals surface area contributed by atoms with Gasteiger partial charge in [-0.15, -0.1) is 6.42 Å². The fraction of sp³-hybridized carbons (Fsp3) is 0.488. The minimum Gasteiger partial charge on any atom is -0.347 e. The molecule has 6 unspecified atom stereocenters. The van der Waals surface area contributed by atoms with Crippen molar-refractivity contribution in [2.45, 2.75) is 78.6 Å². The number of urea groups is 1. The van der Waals surface area contributed by atoms with Crippen LogP contribution in [0.15, 0.2) is 54.6 Å². The number of nitrogens with one attached hydrogen (secondary N) is 5. The Hall–Kier alpha value is -5.71. The van der Waals surface area contributed by atoms with Gasteiger partial charge in [0.1, 0.15) is 18.1 Å². The molecule has 0 spiro atoms. The summed E-state index contributed by atoms with van der Waals surface area (Å²) in [6, 6.07) is 10.5. The Morgan fingerprint density at radius 2 is 1.58 bits per heavy atom. The van der Waals surface area contributed by atoms with Crippen LogP contribution in [-0.4, -0.2) is 96.5 Å². The van der Waals surface area contributed by atoms with Gasteiger partial charge in [-0.25, -0.2) is 4.79 Å². The van der Waals surface area contributed by atoms with E-state index in [1.165, 1.54) is 9.80 Å². The van der Waals surface area contributed by atoms with Crippen molar-refractivity contribution in [1.29, 1.82) is 0 Å². The second kappa shape index (κ2) is 17.2. The zero-order valence-electron chi connectivity index (χ0n) is 32.8. The Balaban J connectivity index is 1.44. The summed E-state index contributed by atoms with van der Waals surface area (Å²) < 4.78 is 0. The monoisotopic (exact) mass is 755 g/mol. The average Bonchev–Trinajstić information content (AvgIpc) is 3.43. The van der Waals surface area contributed by atoms with E-state index < -0.39 is 71.6 Å². The summed E-state index contributed by atoms with van der Waals surface area (Å²) in [6.45, 7) is 11.0. The van der Waals surface area contributed by atoms with E-state index in [1.807, 2.05) is 34.6 Å². The lowest BCUT2D eigenvalue weighted by Gasteiger charge is -2.38. The van der Waals surface area contributed by atoms with Gasteiger partial charge in [0.15, 0.2) is 0 Å². The molecule has 2 aromatic carbocycles. The van der Waals surface area contributed by atoms with E-state index in [0.29, 0.717) is 23.2 Å². The van der Waals surface area contributed by atoms with E-state index in [2.05, 4.69) is 32.5 Å². The summed E-state index contributed by atoms with van der Waals surface area (Å²) in [5, 5.41) is 13.2. The summed E-state index contributed by atoms with van der Waals surface area (Å²) >= 11 is 0. The van der Waals surface area contributed by atoms with Gasteiger partial charge in [-0.1, -0.05) is 84.2 Å². The number of fused-ring (bicyclic) bond motifs is 1. The Kier molecular flexibility index (Phi) is 13.1. The van der Waals surface area contributed by atoms with Gasteiger partial charge in [0, 0.05) is 31.9 Å². The van der Waals surface area contributed by atoms with E-state index in [4.69, 9.17) is 6.42 Å². The van der Waals surface area contributed by atoms with Crippen LogP contribution in [0.2, 0.25) is 0 Å². The second-order valence-electron chi connectivity index (χ2n) is 16.0. The molecule has 1 aliphatic heterocycles. The van der Waals surface area contributed by atoms with Crippen molar-refractivity contribution >= 4 is 47.0 Å². The molecular weight excluding hydrogens is 702 g/mol. The third kappa shape index (κ3) is 9.89. The van der Waals surface area contributed by atoms with Crippen molar-refractivity contribution in [3.8, 4) is 12.3 Å². The number of rotatable bonds is 14. The number of benzene rings is 2. The molecule has 5 N–H and O–H groups in total. The highest BCUT2D eigenvalue weighted by molar-refractivity contribution is 6.38. The number of anilines is 1. The molecule has 0 bridgehead atoms. The summed E-state index contributed by atoms with van der Waals surface area (Å²) in [6.07, 6.45) is 6.00. The van der Waals surface area contributed by atoms with Gasteiger partial charge in [-0.05, 0) is 58.9 Å². The number of carbonyl (C=O) groups excluding carboxylic acids is 7. The molecule has 1 saturated heterocycles. The number of Topliss-reactive ketones (excluding diaryl/α,β-unsaturated/α-hetero) is 1. The number of likely N-dealkylation sites (tertiary alicyclic amines) is 1. The largest absolute Gasteiger partial charge is 0.347 e. The highest BCUT2D eigenvalue weighted by Gasteiger charge is 2.70. The molecule has 4 rings (SSSR count). The molecule has 1 saturated carbocycles. The van der Waals surface area contributed by atoms with Gasteiger partial charge in [-0.3, -0.25) is 28.8 Å². The first-order chi connectivity index (χ1) is 25.8. The molecule has 1 aliphatic carbocycles. The molecule has 0 radical (unpaired) electrons. The predicted octanol–water partition coefficient (Wildman–Crippen LogP) is 2.60. The van der Waals surface area contributed by atoms with Crippen LogP contribution in [0.3, 0.4) is 0 Å². The predicted molar refractivity (Wildman–Crippen MR) is 207 cm³/mol. The molecule has 2 aromatic rings. The lowest BCUT2D eigenvalue weighted by atomic mass is 9.85. The van der Waals surface area contributed by atoms with E-state index in [0.717, 1.165) is 0 Å². The lowest BCUT2D eigenvalue weighted by molar-refractivity contribution is -0.145. The van der Waals surface area contributed by atoms with Gasteiger partial charge < -0.3 is 36.4 Å². The van der Waals surface area contributed by atoms with Crippen LogP contribution < -0.4 is 26.6 Å². The maximum absolute atomic E-state index is 14.3. The van der Waals surface area contributed by atoms with Crippen LogP contribution in [0.1, 0.15) is 71.6 Å². The maximum atomic E-state index is 14.3. The normalized spacial score (nSPS) is 19.6. The second-order valence-corrected chi connectivity index (χ2v) is 16.0. The van der Waals surface area contributed by atoms with Crippen LogP contribution in [0.4, 0.5) is 10.5 Å². The van der Waals surface area contributed by atoms with Gasteiger partial charge in [0.25, 0.3) is 5.91 Å². The van der Waals surface area contributed by atoms with E-state index >= 15 is 0 Å². The highest BCUT2D eigenvalue weighted by Crippen LogP contribution is 2.65. The zero-order chi connectivity index (χ0) is 40.8. The molecule has 1 heterocycles. The van der Waals surface area contributed by atoms with Crippen LogP contribution in [0.25, 0.3) is 0 Å². The number of likely N-dealkylation sites (N-methyl/N-ethyl adjacent to an activating group) is 1. The van der Waals surface area contributed by atoms with Crippen LogP contribution in [-0.2, 0) is 28.8 Å². The molecule has 55 heavy (non-hydrogen) atoms. The molecule has 0 aromatic heterocycles. The topological polar surface area (TPSA) is 186 Å². The maximum Gasteiger partial charge on any atom is 0.319 e. The summed E-state index contributed by atoms with van der Waals surface area (Å²) in [7, 11) is 3.11. The molecule has 2 aliphatic rings. The molecule has 7 amide bonds. The number of piperidine rings is 1. The molecule has 6 atom stereocenters. The zero-order valence-corrected chi connectivity index (χ0v) is 32.8. The Morgan fingerprint density at radius 1 is 0.945 bits per heavy atom. The van der Waals surface area contributed by atoms with E-state index in [1.54, 1.807) is 75.6 Å². The van der Waals surface area contributed by atoms with Crippen molar-refractivity contribution in [3.05, 3.63) is 65.7 Å². The third-order valence-corrected chi connectivity index (χ3v) is 10.4.